The fourth-order valence-corrected chi connectivity index (χ4v) is 3.89. The molecule has 6 nitrogen and oxygen atoms in total. The first-order valence-electron chi connectivity index (χ1n) is 6.64. The van der Waals surface area contributed by atoms with E-state index in [9.17, 15) is 10.1 Å². The molecule has 0 N–H and O–H groups in total. The van der Waals surface area contributed by atoms with Crippen molar-refractivity contribution in [1.82, 2.24) is 0 Å². The summed E-state index contributed by atoms with van der Waals surface area (Å²) in [5.41, 5.74) is 1.55. The monoisotopic (exact) mass is 352 g/mol. The molecule has 0 spiro atoms. The Morgan fingerprint density at radius 1 is 1.14 bits per heavy atom. The van der Waals surface area contributed by atoms with Crippen molar-refractivity contribution in [3.63, 3.8) is 0 Å². The van der Waals surface area contributed by atoms with Gasteiger partial charge >= 0.3 is 129 Å². The Bertz CT molecular complexity index is 633. The number of anilines is 1. The van der Waals surface area contributed by atoms with Gasteiger partial charge in [0.1, 0.15) is 0 Å². The van der Waals surface area contributed by atoms with Gasteiger partial charge in [0.05, 0.1) is 0 Å². The Morgan fingerprint density at radius 2 is 1.81 bits per heavy atom. The molecule has 0 unspecified atom stereocenters. The maximum absolute atomic E-state index is 10.6. The number of nitro groups is 1. The van der Waals surface area contributed by atoms with Gasteiger partial charge in [0.2, 0.25) is 0 Å². The van der Waals surface area contributed by atoms with E-state index in [1.165, 1.54) is 16.7 Å². The zero-order chi connectivity index (χ0) is 15.2. The first-order chi connectivity index (χ1) is 10.2. The van der Waals surface area contributed by atoms with E-state index in [1.54, 1.807) is 12.1 Å². The van der Waals surface area contributed by atoms with Crippen LogP contribution in [0.25, 0.3) is 0 Å². The second kappa shape index (κ2) is 7.15. The van der Waals surface area contributed by atoms with Crippen LogP contribution in [0.3, 0.4) is 0 Å². The number of nitrogens with zero attached hydrogens (tertiary/aromatic N) is 4. The quantitative estimate of drug-likeness (QED) is 0.343. The normalized spacial score (nSPS) is 11.0. The molecule has 7 heteroatoms. The van der Waals surface area contributed by atoms with Crippen molar-refractivity contribution in [2.24, 2.45) is 10.2 Å². The third-order valence-electron chi connectivity index (χ3n) is 3.01. The predicted molar refractivity (Wildman–Crippen MR) is 84.2 cm³/mol. The van der Waals surface area contributed by atoms with Crippen LogP contribution in [-0.4, -0.2) is 32.5 Å². The third-order valence-corrected chi connectivity index (χ3v) is 5.03. The van der Waals surface area contributed by atoms with Gasteiger partial charge in [0.15, 0.2) is 0 Å². The summed E-state index contributed by atoms with van der Waals surface area (Å²) in [7, 11) is 0. The summed E-state index contributed by atoms with van der Waals surface area (Å²) < 4.78 is 1.23. The van der Waals surface area contributed by atoms with Crippen LogP contribution in [0.5, 0.6) is 0 Å². The molecule has 0 aliphatic rings. The van der Waals surface area contributed by atoms with E-state index >= 15 is 0 Å². The van der Waals surface area contributed by atoms with E-state index in [1.807, 2.05) is 6.07 Å². The summed E-state index contributed by atoms with van der Waals surface area (Å²) in [6, 6.07) is 8.06. The van der Waals surface area contributed by atoms with Crippen molar-refractivity contribution >= 4 is 36.1 Å². The predicted octanol–water partition coefficient (Wildman–Crippen LogP) is 3.91. The average molecular weight is 351 g/mol. The topological polar surface area (TPSA) is 71.1 Å². The van der Waals surface area contributed by atoms with Gasteiger partial charge in [0, 0.05) is 0 Å². The molecule has 0 saturated carbocycles. The van der Waals surface area contributed by atoms with Crippen molar-refractivity contribution in [2.45, 2.75) is 13.8 Å². The average Bonchev–Trinajstić information content (AvgIpc) is 2.95. The van der Waals surface area contributed by atoms with Crippen molar-refractivity contribution in [3.05, 3.63) is 45.4 Å². The first kappa shape index (κ1) is 15.4. The maximum atomic E-state index is 10.6. The standard InChI is InChI=1S/C14H16N4O2Se/c1-3-17(4-2)14-13(9-10-21-14)16-15-11-5-7-12(8-6-11)18(19)20/h5-10H,3-4H2,1-2H3. The molecule has 1 aromatic carbocycles. The zero-order valence-corrected chi connectivity index (χ0v) is 13.6. The molecule has 0 saturated heterocycles. The summed E-state index contributed by atoms with van der Waals surface area (Å²) in [4.78, 5) is 14.6. The molecule has 0 aliphatic heterocycles. The Morgan fingerprint density at radius 3 is 2.38 bits per heavy atom. The molecule has 2 rings (SSSR count). The number of hydrogen-bond donors (Lipinski definition) is 0. The second-order valence-electron chi connectivity index (χ2n) is 4.26. The summed E-state index contributed by atoms with van der Waals surface area (Å²) in [5.74, 6) is 0. The van der Waals surface area contributed by atoms with Crippen molar-refractivity contribution < 1.29 is 4.92 Å². The summed E-state index contributed by atoms with van der Waals surface area (Å²) in [6.45, 7) is 6.14. The first-order valence-corrected chi connectivity index (χ1v) is 8.49. The van der Waals surface area contributed by atoms with Crippen LogP contribution in [0.1, 0.15) is 13.8 Å². The van der Waals surface area contributed by atoms with E-state index < -0.39 is 4.92 Å². The molecule has 0 fully saturated rings. The van der Waals surface area contributed by atoms with E-state index in [-0.39, 0.29) is 5.69 Å². The van der Waals surface area contributed by atoms with Gasteiger partial charge in [0.25, 0.3) is 0 Å². The van der Waals surface area contributed by atoms with Crippen LogP contribution in [0.2, 0.25) is 0 Å². The van der Waals surface area contributed by atoms with E-state index in [2.05, 4.69) is 33.9 Å². The summed E-state index contributed by atoms with van der Waals surface area (Å²) in [5, 5.41) is 19.0. The molecule has 0 aliphatic carbocycles. The number of azo groups is 1. The number of rotatable bonds is 6. The van der Waals surface area contributed by atoms with Crippen LogP contribution in [-0.2, 0) is 0 Å². The van der Waals surface area contributed by atoms with Crippen LogP contribution >= 0.6 is 0 Å². The van der Waals surface area contributed by atoms with E-state index in [0.29, 0.717) is 20.2 Å². The van der Waals surface area contributed by atoms with Crippen molar-refractivity contribution in [2.75, 3.05) is 18.0 Å². The number of non-ortho nitro benzene ring substituents is 1. The molecule has 0 radical (unpaired) electrons. The minimum absolute atomic E-state index is 0.0566. The van der Waals surface area contributed by atoms with Crippen molar-refractivity contribution in [3.8, 4) is 0 Å². The molecular formula is C14H16N4O2Se. The zero-order valence-electron chi connectivity index (χ0n) is 11.9. The van der Waals surface area contributed by atoms with Gasteiger partial charge in [-0.05, 0) is 0 Å². The van der Waals surface area contributed by atoms with Gasteiger partial charge < -0.3 is 0 Å². The van der Waals surface area contributed by atoms with Gasteiger partial charge in [-0.1, -0.05) is 0 Å². The SMILES string of the molecule is CCN(CC)c1[se]ccc1N=Nc1ccc([N+](=O)[O-])cc1. The molecule has 0 atom stereocenters. The minimum atomic E-state index is -0.426. The third kappa shape index (κ3) is 3.77. The Kier molecular flexibility index (Phi) is 5.25. The van der Waals surface area contributed by atoms with Gasteiger partial charge in [-0.25, -0.2) is 0 Å². The van der Waals surface area contributed by atoms with Crippen molar-refractivity contribution in [1.29, 1.82) is 0 Å². The van der Waals surface area contributed by atoms with Crippen LogP contribution < -0.4 is 4.90 Å². The van der Waals surface area contributed by atoms with Crippen LogP contribution in [0.4, 0.5) is 21.6 Å². The summed E-state index contributed by atoms with van der Waals surface area (Å²) >= 11 is 0.301. The number of nitro benzene ring substituents is 1. The number of benzene rings is 1. The molecule has 1 heterocycles. The molecule has 1 aromatic heterocycles. The Labute approximate surface area is 129 Å². The molecule has 0 bridgehead atoms. The summed E-state index contributed by atoms with van der Waals surface area (Å²) in [6.07, 6.45) is 0. The molecule has 21 heavy (non-hydrogen) atoms. The Balaban J connectivity index is 2.18. The fraction of sp³-hybridized carbons (Fsp3) is 0.286. The van der Waals surface area contributed by atoms with E-state index in [0.717, 1.165) is 18.8 Å². The van der Waals surface area contributed by atoms with Gasteiger partial charge in [-0.15, -0.1) is 0 Å². The molecule has 110 valence electrons. The fourth-order valence-electron chi connectivity index (χ4n) is 1.87. The number of hydrogen-bond acceptors (Lipinski definition) is 5. The molecule has 2 aromatic rings. The van der Waals surface area contributed by atoms with Gasteiger partial charge in [-0.2, -0.15) is 0 Å². The second-order valence-corrected chi connectivity index (χ2v) is 6.13. The van der Waals surface area contributed by atoms with E-state index in [4.69, 9.17) is 0 Å². The van der Waals surface area contributed by atoms with Gasteiger partial charge in [-0.3, -0.25) is 0 Å². The van der Waals surface area contributed by atoms with Crippen LogP contribution in [0, 0.1) is 10.1 Å². The molecular weight excluding hydrogens is 335 g/mol. The van der Waals surface area contributed by atoms with Crippen LogP contribution in [0.15, 0.2) is 45.5 Å². The molecule has 0 amide bonds. The Hall–Kier alpha value is -1.98.